The van der Waals surface area contributed by atoms with Crippen molar-refractivity contribution in [3.05, 3.63) is 22.8 Å². The number of amides is 1. The van der Waals surface area contributed by atoms with Gasteiger partial charge in [-0.05, 0) is 18.3 Å². The number of aromatic nitrogens is 2. The second-order valence-corrected chi connectivity index (χ2v) is 8.00. The first kappa shape index (κ1) is 17.9. The molecule has 0 aromatic carbocycles. The standard InChI is InChI=1S/C17H22F3N3O2/c1-16(2,3)10-7-23(15(24)25)8-11-12(10)13(17(18,19)20)22-14(21-11)9-5-4-6-9/h9-10H,4-8H2,1-3H3,(H,24,25). The highest BCUT2D eigenvalue weighted by Gasteiger charge is 2.46. The van der Waals surface area contributed by atoms with Crippen molar-refractivity contribution in [3.63, 3.8) is 0 Å². The van der Waals surface area contributed by atoms with Gasteiger partial charge in [-0.2, -0.15) is 13.2 Å². The summed E-state index contributed by atoms with van der Waals surface area (Å²) in [6.45, 7) is 5.33. The first-order chi connectivity index (χ1) is 11.5. The Hall–Kier alpha value is -1.86. The average Bonchev–Trinajstić information content (AvgIpc) is 2.41. The minimum atomic E-state index is -4.58. The van der Waals surface area contributed by atoms with E-state index in [0.717, 1.165) is 24.2 Å². The molecule has 8 heteroatoms. The molecule has 1 aliphatic carbocycles. The van der Waals surface area contributed by atoms with E-state index in [-0.39, 0.29) is 36.1 Å². The average molecular weight is 357 g/mol. The number of nitrogens with zero attached hydrogens (tertiary/aromatic N) is 3. The number of hydrogen-bond donors (Lipinski definition) is 1. The van der Waals surface area contributed by atoms with Crippen LogP contribution in [0.15, 0.2) is 0 Å². The molecule has 5 nitrogen and oxygen atoms in total. The van der Waals surface area contributed by atoms with E-state index in [1.54, 1.807) is 0 Å². The van der Waals surface area contributed by atoms with Gasteiger partial charge in [0.2, 0.25) is 0 Å². The van der Waals surface area contributed by atoms with Crippen molar-refractivity contribution in [2.75, 3.05) is 6.54 Å². The van der Waals surface area contributed by atoms with Crippen LogP contribution in [-0.2, 0) is 12.7 Å². The van der Waals surface area contributed by atoms with Gasteiger partial charge in [-0.3, -0.25) is 0 Å². The monoisotopic (exact) mass is 357 g/mol. The molecular formula is C17H22F3N3O2. The molecule has 1 atom stereocenters. The van der Waals surface area contributed by atoms with Gasteiger partial charge in [0.05, 0.1) is 12.2 Å². The van der Waals surface area contributed by atoms with E-state index >= 15 is 0 Å². The molecule has 0 spiro atoms. The van der Waals surface area contributed by atoms with Crippen molar-refractivity contribution in [2.45, 2.75) is 64.6 Å². The van der Waals surface area contributed by atoms with E-state index in [2.05, 4.69) is 9.97 Å². The zero-order chi connectivity index (χ0) is 18.6. The summed E-state index contributed by atoms with van der Waals surface area (Å²) in [5.41, 5.74) is -1.16. The molecule has 1 amide bonds. The normalized spacial score (nSPS) is 21.7. The van der Waals surface area contributed by atoms with Gasteiger partial charge in [0, 0.05) is 23.9 Å². The summed E-state index contributed by atoms with van der Waals surface area (Å²) in [6, 6.07) is 0. The summed E-state index contributed by atoms with van der Waals surface area (Å²) in [7, 11) is 0. The lowest BCUT2D eigenvalue weighted by Crippen LogP contribution is -2.43. The van der Waals surface area contributed by atoms with Crippen molar-refractivity contribution in [2.24, 2.45) is 5.41 Å². The maximum atomic E-state index is 13.7. The van der Waals surface area contributed by atoms with Gasteiger partial charge in [0.1, 0.15) is 5.82 Å². The number of fused-ring (bicyclic) bond motifs is 1. The Morgan fingerprint density at radius 2 is 1.84 bits per heavy atom. The molecule has 2 heterocycles. The molecule has 1 aromatic heterocycles. The highest BCUT2D eigenvalue weighted by molar-refractivity contribution is 5.66. The molecule has 25 heavy (non-hydrogen) atoms. The van der Waals surface area contributed by atoms with Crippen LogP contribution >= 0.6 is 0 Å². The number of rotatable bonds is 1. The highest BCUT2D eigenvalue weighted by Crippen LogP contribution is 2.46. The van der Waals surface area contributed by atoms with Gasteiger partial charge in [-0.1, -0.05) is 27.2 Å². The Bertz CT molecular complexity index is 694. The third kappa shape index (κ3) is 3.30. The van der Waals surface area contributed by atoms with E-state index in [1.807, 2.05) is 20.8 Å². The van der Waals surface area contributed by atoms with Crippen LogP contribution in [0.1, 0.15) is 74.6 Å². The predicted octanol–water partition coefficient (Wildman–Crippen LogP) is 4.39. The first-order valence-electron chi connectivity index (χ1n) is 8.44. The van der Waals surface area contributed by atoms with Gasteiger partial charge in [-0.15, -0.1) is 0 Å². The van der Waals surface area contributed by atoms with E-state index < -0.39 is 29.3 Å². The molecule has 2 aliphatic rings. The minimum Gasteiger partial charge on any atom is -0.465 e. The first-order valence-corrected chi connectivity index (χ1v) is 8.44. The summed E-state index contributed by atoms with van der Waals surface area (Å²) in [5.74, 6) is -0.462. The fourth-order valence-electron chi connectivity index (χ4n) is 3.50. The largest absolute Gasteiger partial charge is 0.465 e. The second-order valence-electron chi connectivity index (χ2n) is 8.00. The van der Waals surface area contributed by atoms with Crippen LogP contribution in [0.3, 0.4) is 0 Å². The van der Waals surface area contributed by atoms with Crippen LogP contribution in [0, 0.1) is 5.41 Å². The fourth-order valence-corrected chi connectivity index (χ4v) is 3.50. The van der Waals surface area contributed by atoms with Crippen molar-refractivity contribution < 1.29 is 23.1 Å². The van der Waals surface area contributed by atoms with Gasteiger partial charge in [0.25, 0.3) is 0 Å². The summed E-state index contributed by atoms with van der Waals surface area (Å²) < 4.78 is 41.2. The minimum absolute atomic E-state index is 0.0149. The molecule has 1 saturated carbocycles. The zero-order valence-electron chi connectivity index (χ0n) is 14.5. The molecule has 1 unspecified atom stereocenters. The molecule has 0 radical (unpaired) electrons. The lowest BCUT2D eigenvalue weighted by atomic mass is 9.73. The zero-order valence-corrected chi connectivity index (χ0v) is 14.5. The predicted molar refractivity (Wildman–Crippen MR) is 84.3 cm³/mol. The Kier molecular flexibility index (Phi) is 4.20. The van der Waals surface area contributed by atoms with Crippen molar-refractivity contribution in [1.29, 1.82) is 0 Å². The van der Waals surface area contributed by atoms with Crippen LogP contribution in [0.2, 0.25) is 0 Å². The van der Waals surface area contributed by atoms with E-state index in [4.69, 9.17) is 0 Å². The second kappa shape index (κ2) is 5.85. The van der Waals surface area contributed by atoms with Gasteiger partial charge >= 0.3 is 12.3 Å². The van der Waals surface area contributed by atoms with E-state index in [1.165, 1.54) is 0 Å². The SMILES string of the molecule is CC(C)(C)C1CN(C(=O)O)Cc2nc(C3CCC3)nc(C(F)(F)F)c21. The summed E-state index contributed by atoms with van der Waals surface area (Å²) in [5, 5.41) is 9.37. The molecule has 1 aromatic rings. The number of carbonyl (C=O) groups is 1. The number of halogens is 3. The molecule has 1 aliphatic heterocycles. The molecule has 1 N–H and O–H groups in total. The molecule has 3 rings (SSSR count). The Balaban J connectivity index is 2.20. The Morgan fingerprint density at radius 3 is 2.28 bits per heavy atom. The Labute approximate surface area is 144 Å². The van der Waals surface area contributed by atoms with Crippen LogP contribution in [0.4, 0.5) is 18.0 Å². The lowest BCUT2D eigenvalue weighted by molar-refractivity contribution is -0.142. The number of alkyl halides is 3. The Morgan fingerprint density at radius 1 is 1.20 bits per heavy atom. The maximum Gasteiger partial charge on any atom is 0.433 e. The summed E-state index contributed by atoms with van der Waals surface area (Å²) in [4.78, 5) is 20.9. The van der Waals surface area contributed by atoms with Gasteiger partial charge in [0.15, 0.2) is 5.69 Å². The van der Waals surface area contributed by atoms with Gasteiger partial charge in [-0.25, -0.2) is 14.8 Å². The molecular weight excluding hydrogens is 335 g/mol. The van der Waals surface area contributed by atoms with Crippen molar-refractivity contribution in [3.8, 4) is 0 Å². The molecule has 1 fully saturated rings. The van der Waals surface area contributed by atoms with Crippen LogP contribution in [0.25, 0.3) is 0 Å². The molecule has 0 saturated heterocycles. The lowest BCUT2D eigenvalue weighted by Gasteiger charge is -2.41. The number of carboxylic acid groups (broad SMARTS) is 1. The summed E-state index contributed by atoms with van der Waals surface area (Å²) in [6.07, 6.45) is -3.21. The van der Waals surface area contributed by atoms with E-state index in [9.17, 15) is 23.1 Å². The highest BCUT2D eigenvalue weighted by atomic mass is 19.4. The summed E-state index contributed by atoms with van der Waals surface area (Å²) >= 11 is 0. The topological polar surface area (TPSA) is 66.3 Å². The smallest absolute Gasteiger partial charge is 0.433 e. The van der Waals surface area contributed by atoms with Crippen molar-refractivity contribution in [1.82, 2.24) is 14.9 Å². The molecule has 138 valence electrons. The van der Waals surface area contributed by atoms with Crippen molar-refractivity contribution >= 4 is 6.09 Å². The number of hydrogen-bond acceptors (Lipinski definition) is 3. The third-order valence-corrected chi connectivity index (χ3v) is 5.19. The van der Waals surface area contributed by atoms with Gasteiger partial charge < -0.3 is 10.0 Å². The third-order valence-electron chi connectivity index (χ3n) is 5.19. The van der Waals surface area contributed by atoms with Crippen LogP contribution in [0.5, 0.6) is 0 Å². The molecule has 0 bridgehead atoms. The maximum absolute atomic E-state index is 13.7. The fraction of sp³-hybridized carbons (Fsp3) is 0.706. The van der Waals surface area contributed by atoms with E-state index in [0.29, 0.717) is 0 Å². The quantitative estimate of drug-likeness (QED) is 0.810. The van der Waals surface area contributed by atoms with Crippen LogP contribution < -0.4 is 0 Å². The van der Waals surface area contributed by atoms with Crippen LogP contribution in [-0.4, -0.2) is 32.6 Å².